The van der Waals surface area contributed by atoms with Crippen LogP contribution in [0.5, 0.6) is 5.75 Å². The summed E-state index contributed by atoms with van der Waals surface area (Å²) in [6, 6.07) is 9.47. The Morgan fingerprint density at radius 2 is 2.17 bits per heavy atom. The number of aryl methyl sites for hydroxylation is 1. The Balaban J connectivity index is 1.59. The predicted molar refractivity (Wildman–Crippen MR) is 112 cm³/mol. The van der Waals surface area contributed by atoms with Gasteiger partial charge in [-0.25, -0.2) is 4.39 Å². The second kappa shape index (κ2) is 9.45. The molecule has 0 saturated heterocycles. The number of rotatable bonds is 8. The zero-order chi connectivity index (χ0) is 21.7. The maximum atomic E-state index is 13.4. The highest BCUT2D eigenvalue weighted by Gasteiger charge is 2.30. The third-order valence-corrected chi connectivity index (χ3v) is 5.27. The zero-order valence-corrected chi connectivity index (χ0v) is 17.4. The average Bonchev–Trinajstić information content (AvgIpc) is 2.71. The first-order valence-electron chi connectivity index (χ1n) is 9.72. The summed E-state index contributed by atoms with van der Waals surface area (Å²) in [5.74, 6) is -0.303. The van der Waals surface area contributed by atoms with Crippen LogP contribution in [-0.4, -0.2) is 36.2 Å². The van der Waals surface area contributed by atoms with Gasteiger partial charge in [-0.1, -0.05) is 11.6 Å². The van der Waals surface area contributed by atoms with Crippen molar-refractivity contribution in [2.45, 2.75) is 38.3 Å². The fraction of sp³-hybridized carbons (Fsp3) is 0.364. The molecule has 30 heavy (non-hydrogen) atoms. The topological polar surface area (TPSA) is 78.9 Å². The first-order valence-corrected chi connectivity index (χ1v) is 10.1. The van der Waals surface area contributed by atoms with Crippen molar-refractivity contribution in [3.8, 4) is 5.75 Å². The number of amides is 2. The minimum absolute atomic E-state index is 0.0225. The van der Waals surface area contributed by atoms with Gasteiger partial charge < -0.3 is 20.1 Å². The monoisotopic (exact) mass is 434 g/mol. The second-order valence-corrected chi connectivity index (χ2v) is 7.96. The lowest BCUT2D eigenvalue weighted by atomic mass is 10.00. The molecule has 0 bridgehead atoms. The SMILES string of the molecule is CC(O)(CCN(C=O)c1ccc2c(c1)CCCO2)C(=O)NCc1cc(F)cc(Cl)c1. The number of aliphatic hydroxyl groups is 1. The number of benzene rings is 2. The molecule has 2 aromatic rings. The van der Waals surface area contributed by atoms with Gasteiger partial charge in [-0.2, -0.15) is 0 Å². The van der Waals surface area contributed by atoms with Gasteiger partial charge in [0.05, 0.1) is 6.61 Å². The van der Waals surface area contributed by atoms with Crippen LogP contribution in [-0.2, 0) is 22.6 Å². The van der Waals surface area contributed by atoms with Gasteiger partial charge in [0.25, 0.3) is 5.91 Å². The molecular weight excluding hydrogens is 411 g/mol. The molecule has 0 aromatic heterocycles. The number of hydrogen-bond donors (Lipinski definition) is 2. The molecule has 160 valence electrons. The minimum atomic E-state index is -1.71. The molecule has 0 spiro atoms. The Bertz CT molecular complexity index is 915. The molecule has 1 heterocycles. The molecule has 2 aromatic carbocycles. The Labute approximate surface area is 179 Å². The highest BCUT2D eigenvalue weighted by atomic mass is 35.5. The first kappa shape index (κ1) is 22.1. The van der Waals surface area contributed by atoms with Crippen LogP contribution in [0.4, 0.5) is 10.1 Å². The lowest BCUT2D eigenvalue weighted by Gasteiger charge is -2.26. The number of nitrogens with zero attached hydrogens (tertiary/aromatic N) is 1. The maximum absolute atomic E-state index is 13.4. The van der Waals surface area contributed by atoms with Gasteiger partial charge in [-0.05, 0) is 67.3 Å². The first-order chi connectivity index (χ1) is 14.3. The van der Waals surface area contributed by atoms with E-state index in [0.29, 0.717) is 24.3 Å². The number of nitrogens with one attached hydrogen (secondary N) is 1. The third-order valence-electron chi connectivity index (χ3n) is 5.06. The van der Waals surface area contributed by atoms with Gasteiger partial charge in [-0.15, -0.1) is 0 Å². The van der Waals surface area contributed by atoms with Crippen molar-refractivity contribution in [2.24, 2.45) is 0 Å². The molecule has 1 aliphatic rings. The summed E-state index contributed by atoms with van der Waals surface area (Å²) < 4.78 is 19.0. The summed E-state index contributed by atoms with van der Waals surface area (Å²) in [5.41, 5.74) is 0.481. The Kier molecular flexibility index (Phi) is 6.95. The fourth-order valence-electron chi connectivity index (χ4n) is 3.31. The lowest BCUT2D eigenvalue weighted by Crippen LogP contribution is -2.46. The fourth-order valence-corrected chi connectivity index (χ4v) is 3.55. The van der Waals surface area contributed by atoms with Crippen molar-refractivity contribution in [1.29, 1.82) is 0 Å². The number of anilines is 1. The molecule has 2 amide bonds. The Morgan fingerprint density at radius 1 is 1.37 bits per heavy atom. The van der Waals surface area contributed by atoms with Gasteiger partial charge in [-0.3, -0.25) is 9.59 Å². The predicted octanol–water partition coefficient (Wildman–Crippen LogP) is 3.22. The van der Waals surface area contributed by atoms with Crippen LogP contribution < -0.4 is 15.0 Å². The van der Waals surface area contributed by atoms with E-state index in [1.165, 1.54) is 30.0 Å². The largest absolute Gasteiger partial charge is 0.493 e. The molecule has 1 atom stereocenters. The van der Waals surface area contributed by atoms with Crippen LogP contribution in [0.15, 0.2) is 36.4 Å². The van der Waals surface area contributed by atoms with Gasteiger partial charge in [0.2, 0.25) is 6.41 Å². The van der Waals surface area contributed by atoms with E-state index >= 15 is 0 Å². The standard InChI is InChI=1S/C22H24ClFN2O4/c1-22(29,21(28)25-13-15-9-17(23)12-18(24)10-15)6-7-26(14-27)19-4-5-20-16(11-19)3-2-8-30-20/h4-5,9-12,14,29H,2-3,6-8,13H2,1H3,(H,25,28). The summed E-state index contributed by atoms with van der Waals surface area (Å²) in [7, 11) is 0. The van der Waals surface area contributed by atoms with Crippen LogP contribution in [0.2, 0.25) is 5.02 Å². The minimum Gasteiger partial charge on any atom is -0.493 e. The smallest absolute Gasteiger partial charge is 0.252 e. The summed E-state index contributed by atoms with van der Waals surface area (Å²) in [6.45, 7) is 2.23. The van der Waals surface area contributed by atoms with E-state index in [4.69, 9.17) is 16.3 Å². The molecule has 2 N–H and O–H groups in total. The molecule has 0 aliphatic carbocycles. The van der Waals surface area contributed by atoms with Crippen LogP contribution in [0.25, 0.3) is 0 Å². The molecule has 1 aliphatic heterocycles. The van der Waals surface area contributed by atoms with E-state index in [-0.39, 0.29) is 24.5 Å². The number of fused-ring (bicyclic) bond motifs is 1. The van der Waals surface area contributed by atoms with Crippen molar-refractivity contribution in [2.75, 3.05) is 18.1 Å². The van der Waals surface area contributed by atoms with Crippen molar-refractivity contribution in [1.82, 2.24) is 5.32 Å². The molecule has 0 saturated carbocycles. The van der Waals surface area contributed by atoms with Crippen molar-refractivity contribution >= 4 is 29.6 Å². The van der Waals surface area contributed by atoms with Crippen molar-refractivity contribution < 1.29 is 23.8 Å². The second-order valence-electron chi connectivity index (χ2n) is 7.53. The van der Waals surface area contributed by atoms with Gasteiger partial charge in [0.1, 0.15) is 17.2 Å². The van der Waals surface area contributed by atoms with E-state index in [0.717, 1.165) is 24.2 Å². The van der Waals surface area contributed by atoms with Gasteiger partial charge in [0, 0.05) is 30.2 Å². The lowest BCUT2D eigenvalue weighted by molar-refractivity contribution is -0.138. The zero-order valence-electron chi connectivity index (χ0n) is 16.7. The molecule has 0 radical (unpaired) electrons. The number of carbonyl (C=O) groups is 2. The molecule has 6 nitrogen and oxygen atoms in total. The highest BCUT2D eigenvalue weighted by Crippen LogP contribution is 2.29. The van der Waals surface area contributed by atoms with E-state index in [2.05, 4.69) is 5.32 Å². The van der Waals surface area contributed by atoms with Crippen LogP contribution in [0, 0.1) is 5.82 Å². The number of carbonyl (C=O) groups excluding carboxylic acids is 2. The van der Waals surface area contributed by atoms with Gasteiger partial charge >= 0.3 is 0 Å². The number of hydrogen-bond acceptors (Lipinski definition) is 4. The van der Waals surface area contributed by atoms with E-state index in [1.807, 2.05) is 12.1 Å². The average molecular weight is 435 g/mol. The third kappa shape index (κ3) is 5.49. The van der Waals surface area contributed by atoms with Gasteiger partial charge in [0.15, 0.2) is 0 Å². The molecule has 1 unspecified atom stereocenters. The van der Waals surface area contributed by atoms with Crippen molar-refractivity contribution in [3.05, 3.63) is 58.4 Å². The summed E-state index contributed by atoms with van der Waals surface area (Å²) in [4.78, 5) is 25.5. The summed E-state index contributed by atoms with van der Waals surface area (Å²) in [5, 5.41) is 13.4. The summed E-state index contributed by atoms with van der Waals surface area (Å²) >= 11 is 5.81. The Hall–Kier alpha value is -2.64. The number of halogens is 2. The maximum Gasteiger partial charge on any atom is 0.252 e. The van der Waals surface area contributed by atoms with Crippen LogP contribution >= 0.6 is 11.6 Å². The number of ether oxygens (including phenoxy) is 1. The van der Waals surface area contributed by atoms with E-state index < -0.39 is 17.3 Å². The van der Waals surface area contributed by atoms with E-state index in [1.54, 1.807) is 6.07 Å². The Morgan fingerprint density at radius 3 is 2.90 bits per heavy atom. The normalized spacial score (nSPS) is 14.8. The quantitative estimate of drug-likeness (QED) is 0.625. The summed E-state index contributed by atoms with van der Waals surface area (Å²) in [6.07, 6.45) is 2.49. The van der Waals surface area contributed by atoms with Crippen molar-refractivity contribution in [3.63, 3.8) is 0 Å². The van der Waals surface area contributed by atoms with Crippen LogP contribution in [0.1, 0.15) is 30.9 Å². The molecule has 3 rings (SSSR count). The van der Waals surface area contributed by atoms with Crippen LogP contribution in [0.3, 0.4) is 0 Å². The highest BCUT2D eigenvalue weighted by molar-refractivity contribution is 6.30. The molecule has 0 fully saturated rings. The van der Waals surface area contributed by atoms with E-state index in [9.17, 15) is 19.1 Å². The molecular formula is C22H24ClFN2O4. The molecule has 8 heteroatoms.